The molecule has 0 saturated carbocycles. The number of hydrogen-bond donors (Lipinski definition) is 2. The first-order valence-electron chi connectivity index (χ1n) is 10.4. The molecule has 0 spiro atoms. The second kappa shape index (κ2) is 9.95. The SMILES string of the molecule is Cc1nc(NC(=O)CCNC(=O)c2cccc(-c3cnn(C)c3)c2)sc1C(=O)OC(C)(C)C. The van der Waals surface area contributed by atoms with Crippen molar-refractivity contribution in [2.45, 2.75) is 39.7 Å². The Balaban J connectivity index is 1.51. The van der Waals surface area contributed by atoms with Crippen LogP contribution in [0.3, 0.4) is 0 Å². The van der Waals surface area contributed by atoms with Gasteiger partial charge in [0.1, 0.15) is 10.5 Å². The number of aryl methyl sites for hydroxylation is 2. The van der Waals surface area contributed by atoms with Gasteiger partial charge >= 0.3 is 5.97 Å². The Hall–Kier alpha value is -3.53. The van der Waals surface area contributed by atoms with Crippen LogP contribution in [0.5, 0.6) is 0 Å². The van der Waals surface area contributed by atoms with E-state index in [2.05, 4.69) is 20.7 Å². The molecule has 10 heteroatoms. The van der Waals surface area contributed by atoms with Crippen LogP contribution in [0.1, 0.15) is 52.9 Å². The zero-order chi connectivity index (χ0) is 24.2. The van der Waals surface area contributed by atoms with E-state index < -0.39 is 11.6 Å². The number of thiazole rings is 1. The van der Waals surface area contributed by atoms with E-state index in [1.54, 1.807) is 56.8 Å². The molecule has 2 aromatic heterocycles. The van der Waals surface area contributed by atoms with E-state index in [9.17, 15) is 14.4 Å². The predicted molar refractivity (Wildman–Crippen MR) is 126 cm³/mol. The molecular weight excluding hydrogens is 442 g/mol. The van der Waals surface area contributed by atoms with Gasteiger partial charge in [0.2, 0.25) is 5.91 Å². The highest BCUT2D eigenvalue weighted by Crippen LogP contribution is 2.25. The van der Waals surface area contributed by atoms with Crippen molar-refractivity contribution < 1.29 is 19.1 Å². The molecule has 2 N–H and O–H groups in total. The number of esters is 1. The van der Waals surface area contributed by atoms with Crippen molar-refractivity contribution in [2.24, 2.45) is 7.05 Å². The van der Waals surface area contributed by atoms with Crippen LogP contribution < -0.4 is 10.6 Å². The first-order chi connectivity index (χ1) is 15.5. The maximum absolute atomic E-state index is 12.5. The number of benzene rings is 1. The smallest absolute Gasteiger partial charge is 0.350 e. The predicted octanol–water partition coefficient (Wildman–Crippen LogP) is 3.57. The lowest BCUT2D eigenvalue weighted by atomic mass is 10.1. The first-order valence-corrected chi connectivity index (χ1v) is 11.2. The standard InChI is InChI=1S/C23H27N5O4S/c1-14-19(21(31)32-23(2,3)4)33-22(26-14)27-18(29)9-10-24-20(30)16-8-6-7-15(11-16)17-12-25-28(5)13-17/h6-8,11-13H,9-10H2,1-5H3,(H,24,30)(H,26,27,29). The van der Waals surface area contributed by atoms with Crippen molar-refractivity contribution in [3.8, 4) is 11.1 Å². The molecule has 174 valence electrons. The number of anilines is 1. The molecule has 0 atom stereocenters. The fourth-order valence-electron chi connectivity index (χ4n) is 2.95. The van der Waals surface area contributed by atoms with E-state index in [1.165, 1.54) is 0 Å². The molecule has 9 nitrogen and oxygen atoms in total. The number of carbonyl (C=O) groups excluding carboxylic acids is 3. The minimum absolute atomic E-state index is 0.0639. The topological polar surface area (TPSA) is 115 Å². The quantitative estimate of drug-likeness (QED) is 0.511. The fraction of sp³-hybridized carbons (Fsp3) is 0.348. The largest absolute Gasteiger partial charge is 0.456 e. The van der Waals surface area contributed by atoms with Crippen molar-refractivity contribution in [1.82, 2.24) is 20.1 Å². The molecule has 0 aliphatic heterocycles. The summed E-state index contributed by atoms with van der Waals surface area (Å²) in [6.45, 7) is 7.20. The summed E-state index contributed by atoms with van der Waals surface area (Å²) in [6, 6.07) is 7.20. The molecule has 3 aromatic rings. The molecule has 33 heavy (non-hydrogen) atoms. The third-order valence-electron chi connectivity index (χ3n) is 4.43. The lowest BCUT2D eigenvalue weighted by Gasteiger charge is -2.18. The van der Waals surface area contributed by atoms with Gasteiger partial charge < -0.3 is 15.4 Å². The van der Waals surface area contributed by atoms with E-state index >= 15 is 0 Å². The number of hydrogen-bond acceptors (Lipinski definition) is 7. The van der Waals surface area contributed by atoms with E-state index in [0.717, 1.165) is 22.5 Å². The summed E-state index contributed by atoms with van der Waals surface area (Å²) in [4.78, 5) is 41.6. The summed E-state index contributed by atoms with van der Waals surface area (Å²) in [5, 5.41) is 9.87. The normalized spacial score (nSPS) is 11.2. The average molecular weight is 470 g/mol. The number of nitrogens with zero attached hydrogens (tertiary/aromatic N) is 3. The van der Waals surface area contributed by atoms with Gasteiger partial charge in [-0.05, 0) is 45.4 Å². The molecule has 1 aromatic carbocycles. The summed E-state index contributed by atoms with van der Waals surface area (Å²) in [6.07, 6.45) is 3.67. The molecule has 0 fully saturated rings. The van der Waals surface area contributed by atoms with Gasteiger partial charge in [-0.1, -0.05) is 23.5 Å². The van der Waals surface area contributed by atoms with Gasteiger partial charge in [0, 0.05) is 37.3 Å². The minimum Gasteiger partial charge on any atom is -0.456 e. The number of ether oxygens (including phenoxy) is 1. The summed E-state index contributed by atoms with van der Waals surface area (Å²) in [5.74, 6) is -1.06. The lowest BCUT2D eigenvalue weighted by Crippen LogP contribution is -2.27. The van der Waals surface area contributed by atoms with Gasteiger partial charge in [-0.2, -0.15) is 5.10 Å². The van der Waals surface area contributed by atoms with Gasteiger partial charge in [-0.3, -0.25) is 14.3 Å². The Bertz CT molecular complexity index is 1180. The third-order valence-corrected chi connectivity index (χ3v) is 5.48. The van der Waals surface area contributed by atoms with Crippen LogP contribution in [-0.2, 0) is 16.6 Å². The number of carbonyl (C=O) groups is 3. The van der Waals surface area contributed by atoms with Crippen LogP contribution in [0.4, 0.5) is 5.13 Å². The van der Waals surface area contributed by atoms with Crippen LogP contribution in [0, 0.1) is 6.92 Å². The molecule has 2 heterocycles. The molecule has 0 radical (unpaired) electrons. The zero-order valence-electron chi connectivity index (χ0n) is 19.3. The van der Waals surface area contributed by atoms with Crippen molar-refractivity contribution in [2.75, 3.05) is 11.9 Å². The molecule has 0 unspecified atom stereocenters. The van der Waals surface area contributed by atoms with Gasteiger partial charge in [0.25, 0.3) is 5.91 Å². The van der Waals surface area contributed by atoms with Crippen LogP contribution >= 0.6 is 11.3 Å². The van der Waals surface area contributed by atoms with Crippen LogP contribution in [0.15, 0.2) is 36.7 Å². The lowest BCUT2D eigenvalue weighted by molar-refractivity contribution is -0.116. The fourth-order valence-corrected chi connectivity index (χ4v) is 3.81. The second-order valence-electron chi connectivity index (χ2n) is 8.47. The van der Waals surface area contributed by atoms with Crippen LogP contribution in [-0.4, -0.2) is 44.7 Å². The van der Waals surface area contributed by atoms with Gasteiger partial charge in [-0.15, -0.1) is 0 Å². The monoisotopic (exact) mass is 469 g/mol. The molecule has 2 amide bonds. The van der Waals surface area contributed by atoms with E-state index in [1.807, 2.05) is 19.3 Å². The molecule has 0 saturated heterocycles. The van der Waals surface area contributed by atoms with Crippen molar-refractivity contribution in [3.05, 3.63) is 52.8 Å². The number of aromatic nitrogens is 3. The van der Waals surface area contributed by atoms with Gasteiger partial charge in [0.15, 0.2) is 5.13 Å². The van der Waals surface area contributed by atoms with Crippen molar-refractivity contribution in [1.29, 1.82) is 0 Å². The van der Waals surface area contributed by atoms with E-state index in [0.29, 0.717) is 21.3 Å². The first kappa shape index (κ1) is 24.1. The maximum Gasteiger partial charge on any atom is 0.350 e. The molecule has 3 rings (SSSR count). The van der Waals surface area contributed by atoms with Crippen molar-refractivity contribution >= 4 is 34.3 Å². The number of nitrogens with one attached hydrogen (secondary N) is 2. The van der Waals surface area contributed by atoms with Crippen LogP contribution in [0.25, 0.3) is 11.1 Å². The average Bonchev–Trinajstić information content (AvgIpc) is 3.32. The Kier molecular flexibility index (Phi) is 7.27. The minimum atomic E-state index is -0.618. The highest BCUT2D eigenvalue weighted by Gasteiger charge is 2.23. The number of rotatable bonds is 7. The Morgan fingerprint density at radius 2 is 1.94 bits per heavy atom. The Labute approximate surface area is 196 Å². The molecular formula is C23H27N5O4S. The highest BCUT2D eigenvalue weighted by atomic mass is 32.1. The Morgan fingerprint density at radius 1 is 1.18 bits per heavy atom. The molecule has 0 bridgehead atoms. The van der Waals surface area contributed by atoms with Crippen molar-refractivity contribution in [3.63, 3.8) is 0 Å². The maximum atomic E-state index is 12.5. The zero-order valence-corrected chi connectivity index (χ0v) is 20.1. The number of amides is 2. The second-order valence-corrected chi connectivity index (χ2v) is 9.47. The highest BCUT2D eigenvalue weighted by molar-refractivity contribution is 7.17. The van der Waals surface area contributed by atoms with Gasteiger partial charge in [-0.25, -0.2) is 9.78 Å². The van der Waals surface area contributed by atoms with E-state index in [4.69, 9.17) is 4.74 Å². The summed E-state index contributed by atoms with van der Waals surface area (Å²) in [7, 11) is 1.83. The van der Waals surface area contributed by atoms with Crippen LogP contribution in [0.2, 0.25) is 0 Å². The summed E-state index contributed by atoms with van der Waals surface area (Å²) < 4.78 is 7.06. The molecule has 0 aliphatic rings. The summed E-state index contributed by atoms with van der Waals surface area (Å²) in [5.41, 5.74) is 2.16. The third kappa shape index (κ3) is 6.72. The Morgan fingerprint density at radius 3 is 2.61 bits per heavy atom. The molecule has 0 aliphatic carbocycles. The van der Waals surface area contributed by atoms with E-state index in [-0.39, 0.29) is 24.8 Å². The van der Waals surface area contributed by atoms with Gasteiger partial charge in [0.05, 0.1) is 11.9 Å². The summed E-state index contributed by atoms with van der Waals surface area (Å²) >= 11 is 1.06.